The third kappa shape index (κ3) is 4.65. The number of hydrogen-bond donors (Lipinski definition) is 1. The molecule has 39 heavy (non-hydrogen) atoms. The molecule has 1 N–H and O–H groups in total. The van der Waals surface area contributed by atoms with Crippen molar-refractivity contribution in [3.63, 3.8) is 0 Å². The van der Waals surface area contributed by atoms with Crippen LogP contribution in [0, 0.1) is 0 Å². The van der Waals surface area contributed by atoms with Crippen LogP contribution in [0.1, 0.15) is 0 Å². The molecule has 2 nitrogen and oxygen atoms in total. The second kappa shape index (κ2) is 10.1. The Bertz CT molecular complexity index is 1860. The zero-order valence-electron chi connectivity index (χ0n) is 21.3. The molecule has 3 heteroatoms. The van der Waals surface area contributed by atoms with Crippen molar-refractivity contribution in [1.82, 2.24) is 0 Å². The van der Waals surface area contributed by atoms with Crippen molar-refractivity contribution in [2.45, 2.75) is 0 Å². The van der Waals surface area contributed by atoms with Crippen molar-refractivity contribution in [2.24, 2.45) is 0 Å². The Hall–Kier alpha value is -4.86. The normalized spacial score (nSPS) is 11.1. The molecule has 0 radical (unpaired) electrons. The van der Waals surface area contributed by atoms with Crippen LogP contribution in [0.25, 0.3) is 31.3 Å². The lowest BCUT2D eigenvalue weighted by atomic mass is 10.0. The van der Waals surface area contributed by atoms with Gasteiger partial charge in [-0.15, -0.1) is 11.3 Å². The van der Waals surface area contributed by atoms with Crippen LogP contribution in [0.3, 0.4) is 0 Å². The summed E-state index contributed by atoms with van der Waals surface area (Å²) in [7, 11) is 0. The lowest BCUT2D eigenvalue weighted by molar-refractivity contribution is 1.29. The molecular formula is C36H26N2S. The van der Waals surface area contributed by atoms with E-state index in [0.717, 1.165) is 28.4 Å². The standard InChI is InChI=1S/C36H26N2S/c1-3-9-28(10-4-1)37-29-19-15-26(16-20-29)27-17-21-31(22-18-27)38(30-11-5-2-6-12-30)32-23-24-34-33-13-7-8-14-35(33)39-36(34)25-32/h1-25,37H. The fourth-order valence-corrected chi connectivity index (χ4v) is 6.25. The number of anilines is 5. The van der Waals surface area contributed by atoms with E-state index in [-0.39, 0.29) is 0 Å². The lowest BCUT2D eigenvalue weighted by Crippen LogP contribution is -2.09. The quantitative estimate of drug-likeness (QED) is 0.235. The summed E-state index contributed by atoms with van der Waals surface area (Å²) in [5.74, 6) is 0. The van der Waals surface area contributed by atoms with Crippen LogP contribution in [0.5, 0.6) is 0 Å². The minimum absolute atomic E-state index is 1.08. The van der Waals surface area contributed by atoms with E-state index in [4.69, 9.17) is 0 Å². The Morgan fingerprint density at radius 3 is 1.69 bits per heavy atom. The molecule has 0 bridgehead atoms. The van der Waals surface area contributed by atoms with Gasteiger partial charge in [-0.25, -0.2) is 0 Å². The molecule has 0 aliphatic rings. The first-order valence-electron chi connectivity index (χ1n) is 13.1. The van der Waals surface area contributed by atoms with Crippen molar-refractivity contribution in [2.75, 3.05) is 10.2 Å². The fraction of sp³-hybridized carbons (Fsp3) is 0. The summed E-state index contributed by atoms with van der Waals surface area (Å²) in [4.78, 5) is 2.33. The molecule has 7 rings (SSSR count). The van der Waals surface area contributed by atoms with E-state index in [9.17, 15) is 0 Å². The smallest absolute Gasteiger partial charge is 0.0476 e. The average Bonchev–Trinajstić information content (AvgIpc) is 3.37. The van der Waals surface area contributed by atoms with Crippen molar-refractivity contribution in [1.29, 1.82) is 0 Å². The third-order valence-electron chi connectivity index (χ3n) is 7.04. The van der Waals surface area contributed by atoms with Gasteiger partial charge >= 0.3 is 0 Å². The highest BCUT2D eigenvalue weighted by atomic mass is 32.1. The van der Waals surface area contributed by atoms with Crippen molar-refractivity contribution < 1.29 is 0 Å². The Balaban J connectivity index is 1.21. The van der Waals surface area contributed by atoms with Crippen LogP contribution in [0.2, 0.25) is 0 Å². The summed E-state index contributed by atoms with van der Waals surface area (Å²) in [5, 5.41) is 6.09. The SMILES string of the molecule is c1ccc(Nc2ccc(-c3ccc(N(c4ccccc4)c4ccc5c(c4)sc4ccccc45)cc3)cc2)cc1. The topological polar surface area (TPSA) is 15.3 Å². The minimum atomic E-state index is 1.08. The Morgan fingerprint density at radius 2 is 0.949 bits per heavy atom. The second-order valence-corrected chi connectivity index (χ2v) is 10.6. The number of nitrogens with one attached hydrogen (secondary N) is 1. The summed E-state index contributed by atoms with van der Waals surface area (Å²) >= 11 is 1.85. The molecule has 0 saturated heterocycles. The van der Waals surface area contributed by atoms with Gasteiger partial charge in [0, 0.05) is 48.6 Å². The van der Waals surface area contributed by atoms with E-state index in [1.54, 1.807) is 0 Å². The highest BCUT2D eigenvalue weighted by Gasteiger charge is 2.14. The van der Waals surface area contributed by atoms with Gasteiger partial charge in [0.05, 0.1) is 0 Å². The average molecular weight is 519 g/mol. The summed E-state index contributed by atoms with van der Waals surface area (Å²) in [6, 6.07) is 53.8. The van der Waals surface area contributed by atoms with Crippen LogP contribution in [0.4, 0.5) is 28.4 Å². The van der Waals surface area contributed by atoms with Crippen molar-refractivity contribution in [3.8, 4) is 11.1 Å². The molecule has 0 saturated carbocycles. The summed E-state index contributed by atoms with van der Waals surface area (Å²) in [6.07, 6.45) is 0. The zero-order valence-corrected chi connectivity index (χ0v) is 22.1. The molecule has 0 aliphatic heterocycles. The van der Waals surface area contributed by atoms with E-state index in [0.29, 0.717) is 0 Å². The molecule has 0 atom stereocenters. The van der Waals surface area contributed by atoms with E-state index in [1.165, 1.54) is 31.3 Å². The maximum Gasteiger partial charge on any atom is 0.0476 e. The number of fused-ring (bicyclic) bond motifs is 3. The van der Waals surface area contributed by atoms with Gasteiger partial charge in [-0.3, -0.25) is 0 Å². The van der Waals surface area contributed by atoms with Gasteiger partial charge in [0.1, 0.15) is 0 Å². The van der Waals surface area contributed by atoms with Crippen molar-refractivity contribution >= 4 is 59.9 Å². The van der Waals surface area contributed by atoms with Gasteiger partial charge in [-0.2, -0.15) is 0 Å². The summed E-state index contributed by atoms with van der Waals surface area (Å²) in [5.41, 5.74) is 7.98. The first kappa shape index (κ1) is 23.3. The maximum atomic E-state index is 3.46. The molecule has 186 valence electrons. The summed E-state index contributed by atoms with van der Waals surface area (Å²) < 4.78 is 2.63. The van der Waals surface area contributed by atoms with Gasteiger partial charge in [0.2, 0.25) is 0 Å². The lowest BCUT2D eigenvalue weighted by Gasteiger charge is -2.25. The highest BCUT2D eigenvalue weighted by molar-refractivity contribution is 7.25. The third-order valence-corrected chi connectivity index (χ3v) is 8.17. The largest absolute Gasteiger partial charge is 0.356 e. The molecule has 0 fully saturated rings. The number of rotatable bonds is 6. The monoisotopic (exact) mass is 518 g/mol. The van der Waals surface area contributed by atoms with Gasteiger partial charge in [0.15, 0.2) is 0 Å². The van der Waals surface area contributed by atoms with Crippen LogP contribution in [-0.4, -0.2) is 0 Å². The van der Waals surface area contributed by atoms with Crippen LogP contribution in [0.15, 0.2) is 152 Å². The Morgan fingerprint density at radius 1 is 0.410 bits per heavy atom. The van der Waals surface area contributed by atoms with E-state index in [1.807, 2.05) is 29.5 Å². The number of thiophene rings is 1. The second-order valence-electron chi connectivity index (χ2n) is 9.56. The maximum absolute atomic E-state index is 3.46. The molecule has 0 unspecified atom stereocenters. The van der Waals surface area contributed by atoms with Crippen molar-refractivity contribution in [3.05, 3.63) is 152 Å². The first-order chi connectivity index (χ1) is 19.3. The van der Waals surface area contributed by atoms with Gasteiger partial charge in [-0.05, 0) is 77.9 Å². The molecule has 1 heterocycles. The van der Waals surface area contributed by atoms with E-state index >= 15 is 0 Å². The van der Waals surface area contributed by atoms with Crippen LogP contribution < -0.4 is 10.2 Å². The van der Waals surface area contributed by atoms with Crippen LogP contribution >= 0.6 is 11.3 Å². The highest BCUT2D eigenvalue weighted by Crippen LogP contribution is 2.40. The van der Waals surface area contributed by atoms with Gasteiger partial charge in [0.25, 0.3) is 0 Å². The number of benzene rings is 6. The molecule has 7 aromatic rings. The predicted molar refractivity (Wildman–Crippen MR) is 169 cm³/mol. The molecule has 1 aromatic heterocycles. The van der Waals surface area contributed by atoms with Gasteiger partial charge in [-0.1, -0.05) is 84.9 Å². The molecule has 0 spiro atoms. The zero-order chi connectivity index (χ0) is 26.0. The number of hydrogen-bond acceptors (Lipinski definition) is 3. The molecule has 0 amide bonds. The van der Waals surface area contributed by atoms with Crippen LogP contribution in [-0.2, 0) is 0 Å². The van der Waals surface area contributed by atoms with Gasteiger partial charge < -0.3 is 10.2 Å². The minimum Gasteiger partial charge on any atom is -0.356 e. The Kier molecular flexibility index (Phi) is 6.04. The Labute approximate surface area is 232 Å². The summed E-state index contributed by atoms with van der Waals surface area (Å²) in [6.45, 7) is 0. The van der Waals surface area contributed by atoms with E-state index < -0.39 is 0 Å². The fourth-order valence-electron chi connectivity index (χ4n) is 5.12. The number of nitrogens with zero attached hydrogens (tertiary/aromatic N) is 1. The molecule has 0 aliphatic carbocycles. The first-order valence-corrected chi connectivity index (χ1v) is 13.9. The number of para-hydroxylation sites is 2. The molecular weight excluding hydrogens is 492 g/mol. The predicted octanol–water partition coefficient (Wildman–Crippen LogP) is 10.9. The van der Waals surface area contributed by atoms with E-state index in [2.05, 4.69) is 144 Å². The molecule has 6 aromatic carbocycles.